The minimum absolute atomic E-state index is 0.0254. The SMILES string of the molecule is Cc1ccc(C(=O)CC(C(=O)O)c2ccccc2)cc1. The predicted molar refractivity (Wildman–Crippen MR) is 76.9 cm³/mol. The highest BCUT2D eigenvalue weighted by Crippen LogP contribution is 2.22. The number of carboxylic acid groups (broad SMARTS) is 1. The largest absolute Gasteiger partial charge is 0.481 e. The lowest BCUT2D eigenvalue weighted by atomic mass is 9.91. The quantitative estimate of drug-likeness (QED) is 0.845. The van der Waals surface area contributed by atoms with E-state index < -0.39 is 11.9 Å². The lowest BCUT2D eigenvalue weighted by molar-refractivity contribution is -0.138. The van der Waals surface area contributed by atoms with E-state index in [0.29, 0.717) is 11.1 Å². The Morgan fingerprint density at radius 3 is 2.15 bits per heavy atom. The van der Waals surface area contributed by atoms with Gasteiger partial charge in [-0.15, -0.1) is 0 Å². The van der Waals surface area contributed by atoms with Crippen LogP contribution in [0.1, 0.15) is 33.8 Å². The van der Waals surface area contributed by atoms with Gasteiger partial charge in [-0.1, -0.05) is 60.2 Å². The van der Waals surface area contributed by atoms with Gasteiger partial charge in [-0.2, -0.15) is 0 Å². The number of hydrogen-bond donors (Lipinski definition) is 1. The molecule has 2 rings (SSSR count). The van der Waals surface area contributed by atoms with Crippen LogP contribution in [0.15, 0.2) is 54.6 Å². The normalized spacial score (nSPS) is 11.8. The van der Waals surface area contributed by atoms with E-state index in [0.717, 1.165) is 5.56 Å². The summed E-state index contributed by atoms with van der Waals surface area (Å²) in [6.07, 6.45) is -0.0254. The van der Waals surface area contributed by atoms with Crippen LogP contribution >= 0.6 is 0 Å². The van der Waals surface area contributed by atoms with Crippen molar-refractivity contribution in [2.45, 2.75) is 19.3 Å². The number of aryl methyl sites for hydroxylation is 1. The van der Waals surface area contributed by atoms with Crippen LogP contribution in [0.2, 0.25) is 0 Å². The standard InChI is InChI=1S/C17H16O3/c1-12-7-9-14(10-8-12)16(18)11-15(17(19)20)13-5-3-2-4-6-13/h2-10,15H,11H2,1H3,(H,19,20). The second kappa shape index (κ2) is 6.15. The zero-order valence-corrected chi connectivity index (χ0v) is 11.2. The van der Waals surface area contributed by atoms with Crippen LogP contribution in [-0.2, 0) is 4.79 Å². The molecule has 20 heavy (non-hydrogen) atoms. The Balaban J connectivity index is 2.19. The molecule has 2 aromatic carbocycles. The molecule has 0 spiro atoms. The van der Waals surface area contributed by atoms with E-state index in [4.69, 9.17) is 0 Å². The van der Waals surface area contributed by atoms with E-state index in [1.54, 1.807) is 36.4 Å². The highest BCUT2D eigenvalue weighted by Gasteiger charge is 2.23. The van der Waals surface area contributed by atoms with E-state index in [1.165, 1.54) is 0 Å². The summed E-state index contributed by atoms with van der Waals surface area (Å²) in [4.78, 5) is 23.5. The Morgan fingerprint density at radius 2 is 1.60 bits per heavy atom. The molecule has 102 valence electrons. The first-order chi connectivity index (χ1) is 9.58. The second-order valence-corrected chi connectivity index (χ2v) is 4.79. The van der Waals surface area contributed by atoms with Gasteiger partial charge in [-0.3, -0.25) is 9.59 Å². The van der Waals surface area contributed by atoms with Gasteiger partial charge in [0.15, 0.2) is 5.78 Å². The molecule has 2 aromatic rings. The minimum Gasteiger partial charge on any atom is -0.481 e. The topological polar surface area (TPSA) is 54.4 Å². The van der Waals surface area contributed by atoms with Crippen molar-refractivity contribution in [1.29, 1.82) is 0 Å². The van der Waals surface area contributed by atoms with Crippen molar-refractivity contribution in [2.24, 2.45) is 0 Å². The van der Waals surface area contributed by atoms with Gasteiger partial charge >= 0.3 is 5.97 Å². The van der Waals surface area contributed by atoms with Gasteiger partial charge in [-0.25, -0.2) is 0 Å². The van der Waals surface area contributed by atoms with Crippen molar-refractivity contribution in [3.63, 3.8) is 0 Å². The summed E-state index contributed by atoms with van der Waals surface area (Å²) < 4.78 is 0. The van der Waals surface area contributed by atoms with Gasteiger partial charge in [0.2, 0.25) is 0 Å². The molecule has 0 saturated heterocycles. The van der Waals surface area contributed by atoms with Crippen molar-refractivity contribution in [3.8, 4) is 0 Å². The summed E-state index contributed by atoms with van der Waals surface area (Å²) >= 11 is 0. The summed E-state index contributed by atoms with van der Waals surface area (Å²) in [7, 11) is 0. The molecule has 1 unspecified atom stereocenters. The third-order valence-electron chi connectivity index (χ3n) is 3.26. The van der Waals surface area contributed by atoms with Crippen LogP contribution in [0, 0.1) is 6.92 Å². The van der Waals surface area contributed by atoms with Crippen LogP contribution in [-0.4, -0.2) is 16.9 Å². The average Bonchev–Trinajstić information content (AvgIpc) is 2.46. The van der Waals surface area contributed by atoms with E-state index in [-0.39, 0.29) is 12.2 Å². The number of Topliss-reactive ketones (excluding diaryl/α,β-unsaturated/α-hetero) is 1. The minimum atomic E-state index is -0.975. The van der Waals surface area contributed by atoms with Gasteiger partial charge in [0.25, 0.3) is 0 Å². The lowest BCUT2D eigenvalue weighted by Gasteiger charge is -2.12. The highest BCUT2D eigenvalue weighted by atomic mass is 16.4. The summed E-state index contributed by atoms with van der Waals surface area (Å²) in [5.41, 5.74) is 2.28. The third-order valence-corrected chi connectivity index (χ3v) is 3.26. The van der Waals surface area contributed by atoms with Crippen LogP contribution in [0.25, 0.3) is 0 Å². The van der Waals surface area contributed by atoms with Gasteiger partial charge in [0.05, 0.1) is 5.92 Å². The molecule has 0 aromatic heterocycles. The molecule has 0 bridgehead atoms. The Morgan fingerprint density at radius 1 is 1.00 bits per heavy atom. The molecule has 0 aliphatic carbocycles. The van der Waals surface area contributed by atoms with Crippen LogP contribution < -0.4 is 0 Å². The lowest BCUT2D eigenvalue weighted by Crippen LogP contribution is -2.16. The average molecular weight is 268 g/mol. The molecule has 1 N–H and O–H groups in total. The molecule has 0 fully saturated rings. The summed E-state index contributed by atoms with van der Waals surface area (Å²) in [6, 6.07) is 16.0. The number of benzene rings is 2. The summed E-state index contributed by atoms with van der Waals surface area (Å²) in [5.74, 6) is -1.93. The van der Waals surface area contributed by atoms with Crippen LogP contribution in [0.5, 0.6) is 0 Å². The number of carbonyl (C=O) groups excluding carboxylic acids is 1. The van der Waals surface area contributed by atoms with Crippen molar-refractivity contribution >= 4 is 11.8 Å². The number of aliphatic carboxylic acids is 1. The molecule has 0 heterocycles. The van der Waals surface area contributed by atoms with Crippen molar-refractivity contribution in [1.82, 2.24) is 0 Å². The van der Waals surface area contributed by atoms with Gasteiger partial charge in [-0.05, 0) is 12.5 Å². The molecule has 0 saturated carbocycles. The molecular formula is C17H16O3. The van der Waals surface area contributed by atoms with Gasteiger partial charge in [0.1, 0.15) is 0 Å². The van der Waals surface area contributed by atoms with Crippen molar-refractivity contribution < 1.29 is 14.7 Å². The Kier molecular flexibility index (Phi) is 4.31. The van der Waals surface area contributed by atoms with Gasteiger partial charge in [0, 0.05) is 12.0 Å². The first-order valence-corrected chi connectivity index (χ1v) is 6.45. The zero-order chi connectivity index (χ0) is 14.5. The molecule has 0 aliphatic heterocycles. The first-order valence-electron chi connectivity index (χ1n) is 6.45. The van der Waals surface area contributed by atoms with E-state index in [2.05, 4.69) is 0 Å². The summed E-state index contributed by atoms with van der Waals surface area (Å²) in [6.45, 7) is 1.94. The molecule has 0 amide bonds. The molecule has 1 atom stereocenters. The summed E-state index contributed by atoms with van der Waals surface area (Å²) in [5, 5.41) is 9.31. The molecule has 3 heteroatoms. The van der Waals surface area contributed by atoms with Crippen molar-refractivity contribution in [2.75, 3.05) is 0 Å². The monoisotopic (exact) mass is 268 g/mol. The molecular weight excluding hydrogens is 252 g/mol. The Labute approximate surface area is 117 Å². The number of ketones is 1. The van der Waals surface area contributed by atoms with E-state index >= 15 is 0 Å². The second-order valence-electron chi connectivity index (χ2n) is 4.79. The molecule has 3 nitrogen and oxygen atoms in total. The maximum Gasteiger partial charge on any atom is 0.311 e. The number of carboxylic acids is 1. The third kappa shape index (κ3) is 3.32. The van der Waals surface area contributed by atoms with Gasteiger partial charge < -0.3 is 5.11 Å². The van der Waals surface area contributed by atoms with Crippen LogP contribution in [0.3, 0.4) is 0 Å². The highest BCUT2D eigenvalue weighted by molar-refractivity contribution is 5.99. The smallest absolute Gasteiger partial charge is 0.311 e. The van der Waals surface area contributed by atoms with E-state index in [1.807, 2.05) is 25.1 Å². The Bertz CT molecular complexity index is 600. The maximum absolute atomic E-state index is 12.2. The number of rotatable bonds is 5. The Hall–Kier alpha value is -2.42. The number of carbonyl (C=O) groups is 2. The number of hydrogen-bond acceptors (Lipinski definition) is 2. The fraction of sp³-hybridized carbons (Fsp3) is 0.176. The fourth-order valence-corrected chi connectivity index (χ4v) is 2.08. The fourth-order valence-electron chi connectivity index (χ4n) is 2.08. The molecule has 0 radical (unpaired) electrons. The zero-order valence-electron chi connectivity index (χ0n) is 11.2. The maximum atomic E-state index is 12.2. The van der Waals surface area contributed by atoms with Crippen molar-refractivity contribution in [3.05, 3.63) is 71.3 Å². The predicted octanol–water partition coefficient (Wildman–Crippen LogP) is 3.44. The van der Waals surface area contributed by atoms with Crippen LogP contribution in [0.4, 0.5) is 0 Å². The molecule has 0 aliphatic rings. The van der Waals surface area contributed by atoms with E-state index in [9.17, 15) is 14.7 Å². The first kappa shape index (κ1) is 14.0.